The molecular formula is C13H13NO2. The number of para-hydroxylation sites is 2. The molecular weight excluding hydrogens is 202 g/mol. The maximum atomic E-state index is 5.88. The molecule has 0 radical (unpaired) electrons. The molecule has 3 rings (SSSR count). The molecule has 3 heteroatoms. The van der Waals surface area contributed by atoms with E-state index in [2.05, 4.69) is 5.32 Å². The normalized spacial score (nSPS) is 18.4. The molecule has 3 nitrogen and oxygen atoms in total. The second-order valence-corrected chi connectivity index (χ2v) is 3.93. The number of anilines is 1. The lowest BCUT2D eigenvalue weighted by atomic mass is 10.2. The average Bonchev–Trinajstić information content (AvgIpc) is 2.75. The van der Waals surface area contributed by atoms with Crippen LogP contribution < -0.4 is 10.1 Å². The van der Waals surface area contributed by atoms with Gasteiger partial charge in [-0.1, -0.05) is 12.1 Å². The summed E-state index contributed by atoms with van der Waals surface area (Å²) in [5, 5.41) is 3.34. The summed E-state index contributed by atoms with van der Waals surface area (Å²) in [4.78, 5) is 0. The van der Waals surface area contributed by atoms with Crippen LogP contribution in [0, 0.1) is 6.92 Å². The maximum absolute atomic E-state index is 5.88. The Balaban J connectivity index is 1.88. The van der Waals surface area contributed by atoms with E-state index in [1.807, 2.05) is 43.3 Å². The summed E-state index contributed by atoms with van der Waals surface area (Å²) >= 11 is 0. The van der Waals surface area contributed by atoms with Gasteiger partial charge in [0.25, 0.3) is 0 Å². The lowest BCUT2D eigenvalue weighted by Crippen LogP contribution is -2.23. The molecule has 16 heavy (non-hydrogen) atoms. The molecule has 0 saturated heterocycles. The summed E-state index contributed by atoms with van der Waals surface area (Å²) in [7, 11) is 0. The van der Waals surface area contributed by atoms with Gasteiger partial charge in [-0.25, -0.2) is 0 Å². The van der Waals surface area contributed by atoms with Gasteiger partial charge in [0.05, 0.1) is 12.2 Å². The van der Waals surface area contributed by atoms with Crippen molar-refractivity contribution in [3.63, 3.8) is 0 Å². The van der Waals surface area contributed by atoms with Crippen molar-refractivity contribution in [1.29, 1.82) is 0 Å². The molecule has 1 aliphatic rings. The number of ether oxygens (including phenoxy) is 1. The summed E-state index contributed by atoms with van der Waals surface area (Å²) in [5.41, 5.74) is 1.04. The van der Waals surface area contributed by atoms with Crippen molar-refractivity contribution in [2.75, 3.05) is 11.9 Å². The van der Waals surface area contributed by atoms with E-state index < -0.39 is 0 Å². The van der Waals surface area contributed by atoms with Crippen molar-refractivity contribution in [3.8, 4) is 5.75 Å². The number of nitrogens with one attached hydrogen (secondary N) is 1. The molecule has 0 amide bonds. The fraction of sp³-hybridized carbons (Fsp3) is 0.231. The molecule has 82 valence electrons. The Morgan fingerprint density at radius 3 is 2.88 bits per heavy atom. The molecule has 1 unspecified atom stereocenters. The van der Waals surface area contributed by atoms with Gasteiger partial charge in [0.15, 0.2) is 6.10 Å². The molecule has 0 aliphatic carbocycles. The van der Waals surface area contributed by atoms with E-state index in [0.29, 0.717) is 0 Å². The highest BCUT2D eigenvalue weighted by Gasteiger charge is 2.22. The predicted molar refractivity (Wildman–Crippen MR) is 61.7 cm³/mol. The molecule has 0 saturated carbocycles. The number of fused-ring (bicyclic) bond motifs is 1. The Kier molecular flexibility index (Phi) is 2.10. The van der Waals surface area contributed by atoms with Crippen LogP contribution in [0.5, 0.6) is 5.75 Å². The van der Waals surface area contributed by atoms with Crippen molar-refractivity contribution >= 4 is 5.69 Å². The van der Waals surface area contributed by atoms with Gasteiger partial charge in [-0.3, -0.25) is 0 Å². The number of hydrogen-bond acceptors (Lipinski definition) is 3. The van der Waals surface area contributed by atoms with E-state index in [9.17, 15) is 0 Å². The van der Waals surface area contributed by atoms with Crippen molar-refractivity contribution in [2.45, 2.75) is 13.0 Å². The third-order valence-electron chi connectivity index (χ3n) is 2.71. The fourth-order valence-electron chi connectivity index (χ4n) is 1.90. The minimum Gasteiger partial charge on any atom is -0.478 e. The van der Waals surface area contributed by atoms with E-state index in [1.165, 1.54) is 0 Å². The van der Waals surface area contributed by atoms with Crippen LogP contribution in [0.2, 0.25) is 0 Å². The highest BCUT2D eigenvalue weighted by molar-refractivity contribution is 5.57. The molecule has 1 aromatic carbocycles. The fourth-order valence-corrected chi connectivity index (χ4v) is 1.90. The van der Waals surface area contributed by atoms with Crippen LogP contribution in [-0.2, 0) is 0 Å². The van der Waals surface area contributed by atoms with Gasteiger partial charge in [0, 0.05) is 0 Å². The van der Waals surface area contributed by atoms with Gasteiger partial charge < -0.3 is 14.5 Å². The third kappa shape index (κ3) is 1.54. The summed E-state index contributed by atoms with van der Waals surface area (Å²) < 4.78 is 11.4. The Hall–Kier alpha value is -1.90. The molecule has 1 atom stereocenters. The SMILES string of the molecule is Cc1ccc(C2CNc3ccccc3O2)o1. The highest BCUT2D eigenvalue weighted by atomic mass is 16.5. The lowest BCUT2D eigenvalue weighted by molar-refractivity contribution is 0.179. The Morgan fingerprint density at radius 2 is 2.06 bits per heavy atom. The standard InChI is InChI=1S/C13H13NO2/c1-9-6-7-12(15-9)13-8-14-10-4-2-3-5-11(10)16-13/h2-7,13-14H,8H2,1H3. The topological polar surface area (TPSA) is 34.4 Å². The number of rotatable bonds is 1. The van der Waals surface area contributed by atoms with Gasteiger partial charge in [0.1, 0.15) is 17.3 Å². The first-order chi connectivity index (χ1) is 7.83. The van der Waals surface area contributed by atoms with Crippen LogP contribution in [0.15, 0.2) is 40.8 Å². The van der Waals surface area contributed by atoms with Gasteiger partial charge >= 0.3 is 0 Å². The minimum atomic E-state index is -0.0383. The number of aryl methyl sites for hydroxylation is 1. The smallest absolute Gasteiger partial charge is 0.173 e. The van der Waals surface area contributed by atoms with E-state index in [4.69, 9.17) is 9.15 Å². The first kappa shape index (κ1) is 9.33. The monoisotopic (exact) mass is 215 g/mol. The lowest BCUT2D eigenvalue weighted by Gasteiger charge is -2.25. The zero-order valence-electron chi connectivity index (χ0n) is 9.07. The zero-order chi connectivity index (χ0) is 11.0. The van der Waals surface area contributed by atoms with Crippen molar-refractivity contribution < 1.29 is 9.15 Å². The van der Waals surface area contributed by atoms with Crippen LogP contribution in [-0.4, -0.2) is 6.54 Å². The molecule has 1 aliphatic heterocycles. The van der Waals surface area contributed by atoms with Crippen LogP contribution in [0.4, 0.5) is 5.69 Å². The molecule has 0 spiro atoms. The average molecular weight is 215 g/mol. The molecule has 0 fully saturated rings. The molecule has 0 bridgehead atoms. The van der Waals surface area contributed by atoms with Gasteiger partial charge in [-0.05, 0) is 31.2 Å². The van der Waals surface area contributed by atoms with Gasteiger partial charge in [0.2, 0.25) is 0 Å². The second-order valence-electron chi connectivity index (χ2n) is 3.93. The first-order valence-electron chi connectivity index (χ1n) is 5.39. The number of furan rings is 1. The van der Waals surface area contributed by atoms with E-state index in [-0.39, 0.29) is 6.10 Å². The van der Waals surface area contributed by atoms with E-state index in [1.54, 1.807) is 0 Å². The van der Waals surface area contributed by atoms with Crippen LogP contribution in [0.3, 0.4) is 0 Å². The molecule has 1 aromatic heterocycles. The summed E-state index contributed by atoms with van der Waals surface area (Å²) in [6.45, 7) is 2.68. The summed E-state index contributed by atoms with van der Waals surface area (Å²) in [5.74, 6) is 2.67. The molecule has 1 N–H and O–H groups in total. The number of hydrogen-bond donors (Lipinski definition) is 1. The van der Waals surface area contributed by atoms with Crippen LogP contribution >= 0.6 is 0 Å². The second kappa shape index (κ2) is 3.59. The zero-order valence-corrected chi connectivity index (χ0v) is 9.07. The molecule has 2 aromatic rings. The van der Waals surface area contributed by atoms with E-state index >= 15 is 0 Å². The summed E-state index contributed by atoms with van der Waals surface area (Å²) in [6.07, 6.45) is -0.0383. The third-order valence-corrected chi connectivity index (χ3v) is 2.71. The minimum absolute atomic E-state index is 0.0383. The Bertz CT molecular complexity index is 504. The quantitative estimate of drug-likeness (QED) is 0.793. The predicted octanol–water partition coefficient (Wildman–Crippen LogP) is 3.13. The van der Waals surface area contributed by atoms with Crippen molar-refractivity contribution in [2.24, 2.45) is 0 Å². The molecule has 2 heterocycles. The van der Waals surface area contributed by atoms with Gasteiger partial charge in [-0.2, -0.15) is 0 Å². The highest BCUT2D eigenvalue weighted by Crippen LogP contribution is 2.34. The first-order valence-corrected chi connectivity index (χ1v) is 5.39. The maximum Gasteiger partial charge on any atom is 0.173 e. The summed E-state index contributed by atoms with van der Waals surface area (Å²) in [6, 6.07) is 11.9. The Labute approximate surface area is 94.0 Å². The largest absolute Gasteiger partial charge is 0.478 e. The van der Waals surface area contributed by atoms with Gasteiger partial charge in [-0.15, -0.1) is 0 Å². The van der Waals surface area contributed by atoms with Crippen LogP contribution in [0.25, 0.3) is 0 Å². The van der Waals surface area contributed by atoms with Crippen molar-refractivity contribution in [3.05, 3.63) is 47.9 Å². The number of benzene rings is 1. The van der Waals surface area contributed by atoms with E-state index in [0.717, 1.165) is 29.5 Å². The van der Waals surface area contributed by atoms with Crippen LogP contribution in [0.1, 0.15) is 17.6 Å². The Morgan fingerprint density at radius 1 is 1.19 bits per heavy atom. The van der Waals surface area contributed by atoms with Crippen molar-refractivity contribution in [1.82, 2.24) is 0 Å².